The molecule has 0 heteroatoms. The predicted molar refractivity (Wildman–Crippen MR) is 85.2 cm³/mol. The molecule has 2 aliphatic carbocycles. The van der Waals surface area contributed by atoms with Crippen LogP contribution in [0.25, 0.3) is 5.57 Å². The maximum absolute atomic E-state index is 2.41. The smallest absolute Gasteiger partial charge is 0.0155 e. The van der Waals surface area contributed by atoms with E-state index in [4.69, 9.17) is 0 Å². The first-order valence-corrected chi connectivity index (χ1v) is 7.32. The maximum atomic E-state index is 2.41. The lowest BCUT2D eigenvalue weighted by molar-refractivity contribution is 0.653. The van der Waals surface area contributed by atoms with E-state index in [1.807, 2.05) is 13.8 Å². The van der Waals surface area contributed by atoms with Crippen molar-refractivity contribution in [1.82, 2.24) is 0 Å². The lowest BCUT2D eigenvalue weighted by atomic mass is 9.81. The lowest BCUT2D eigenvalue weighted by Crippen LogP contribution is -2.15. The van der Waals surface area contributed by atoms with Crippen molar-refractivity contribution in [3.63, 3.8) is 0 Å². The zero-order valence-electron chi connectivity index (χ0n) is 12.7. The van der Waals surface area contributed by atoms with Crippen molar-refractivity contribution >= 4 is 5.57 Å². The molecule has 19 heavy (non-hydrogen) atoms. The lowest BCUT2D eigenvalue weighted by Gasteiger charge is -2.22. The quantitative estimate of drug-likeness (QED) is 0.570. The molecule has 0 amide bonds. The summed E-state index contributed by atoms with van der Waals surface area (Å²) < 4.78 is 0. The van der Waals surface area contributed by atoms with Crippen LogP contribution in [0.3, 0.4) is 0 Å². The molecule has 100 valence electrons. The first-order chi connectivity index (χ1) is 9.10. The molecule has 0 fully saturated rings. The van der Waals surface area contributed by atoms with Crippen LogP contribution in [0.4, 0.5) is 0 Å². The normalized spacial score (nSPS) is 22.3. The number of hydrogen-bond acceptors (Lipinski definition) is 0. The topological polar surface area (TPSA) is 0 Å². The highest BCUT2D eigenvalue weighted by Gasteiger charge is 2.37. The fourth-order valence-corrected chi connectivity index (χ4v) is 3.01. The molecule has 0 nitrogen and oxygen atoms in total. The van der Waals surface area contributed by atoms with E-state index in [2.05, 4.69) is 69.3 Å². The van der Waals surface area contributed by atoms with Gasteiger partial charge in [0.05, 0.1) is 0 Å². The van der Waals surface area contributed by atoms with E-state index >= 15 is 0 Å². The monoisotopic (exact) mass is 252 g/mol. The minimum absolute atomic E-state index is 0.142. The molecule has 0 aromatic heterocycles. The first kappa shape index (κ1) is 13.9. The SMILES string of the molecule is CC.C[C@H]1C=CC=C2C(=C1)C(C)(C)c1ccccc12. The molecule has 0 saturated heterocycles. The van der Waals surface area contributed by atoms with Gasteiger partial charge in [-0.25, -0.2) is 0 Å². The van der Waals surface area contributed by atoms with Gasteiger partial charge in [-0.1, -0.05) is 83.2 Å². The minimum atomic E-state index is 0.142. The molecule has 0 heterocycles. The Hall–Kier alpha value is -1.56. The van der Waals surface area contributed by atoms with Crippen molar-refractivity contribution in [2.24, 2.45) is 5.92 Å². The Morgan fingerprint density at radius 1 is 1.05 bits per heavy atom. The summed E-state index contributed by atoms with van der Waals surface area (Å²) in [6.45, 7) is 10.9. The third-order valence-corrected chi connectivity index (χ3v) is 3.96. The molecule has 0 bridgehead atoms. The molecule has 2 aliphatic rings. The Kier molecular flexibility index (Phi) is 3.80. The van der Waals surface area contributed by atoms with Crippen molar-refractivity contribution in [3.8, 4) is 0 Å². The molecule has 0 N–H and O–H groups in total. The second kappa shape index (κ2) is 5.21. The zero-order chi connectivity index (χ0) is 14.0. The Morgan fingerprint density at radius 2 is 1.74 bits per heavy atom. The fourth-order valence-electron chi connectivity index (χ4n) is 3.01. The van der Waals surface area contributed by atoms with Gasteiger partial charge in [0.2, 0.25) is 0 Å². The van der Waals surface area contributed by atoms with Crippen LogP contribution in [0.15, 0.2) is 54.1 Å². The first-order valence-electron chi connectivity index (χ1n) is 7.32. The summed E-state index contributed by atoms with van der Waals surface area (Å²) in [6.07, 6.45) is 9.14. The van der Waals surface area contributed by atoms with Gasteiger partial charge in [-0.3, -0.25) is 0 Å². The van der Waals surface area contributed by atoms with Gasteiger partial charge in [-0.05, 0) is 28.2 Å². The van der Waals surface area contributed by atoms with Crippen molar-refractivity contribution < 1.29 is 0 Å². The van der Waals surface area contributed by atoms with Gasteiger partial charge in [0, 0.05) is 5.41 Å². The molecule has 3 rings (SSSR count). The van der Waals surface area contributed by atoms with Crippen molar-refractivity contribution in [2.75, 3.05) is 0 Å². The van der Waals surface area contributed by atoms with Crippen LogP contribution in [0.5, 0.6) is 0 Å². The van der Waals surface area contributed by atoms with Gasteiger partial charge in [0.25, 0.3) is 0 Å². The highest BCUT2D eigenvalue weighted by atomic mass is 14.4. The van der Waals surface area contributed by atoms with Crippen LogP contribution in [0, 0.1) is 5.92 Å². The summed E-state index contributed by atoms with van der Waals surface area (Å²) in [7, 11) is 0. The summed E-state index contributed by atoms with van der Waals surface area (Å²) in [5.74, 6) is 0.521. The zero-order valence-corrected chi connectivity index (χ0v) is 12.7. The maximum Gasteiger partial charge on any atom is 0.0155 e. The second-order valence-electron chi connectivity index (χ2n) is 5.58. The van der Waals surface area contributed by atoms with Crippen LogP contribution in [-0.2, 0) is 5.41 Å². The predicted octanol–water partition coefficient (Wildman–Crippen LogP) is 5.52. The number of allylic oxidation sites excluding steroid dienone is 6. The van der Waals surface area contributed by atoms with E-state index in [-0.39, 0.29) is 5.41 Å². The summed E-state index contributed by atoms with van der Waals surface area (Å²) in [4.78, 5) is 0. The fraction of sp³-hybridized carbons (Fsp3) is 0.368. The summed E-state index contributed by atoms with van der Waals surface area (Å²) in [5, 5.41) is 0. The highest BCUT2D eigenvalue weighted by molar-refractivity contribution is 5.90. The van der Waals surface area contributed by atoms with E-state index in [9.17, 15) is 0 Å². The van der Waals surface area contributed by atoms with E-state index in [1.54, 1.807) is 0 Å². The number of hydrogen-bond donors (Lipinski definition) is 0. The van der Waals surface area contributed by atoms with Crippen molar-refractivity contribution in [1.29, 1.82) is 0 Å². The van der Waals surface area contributed by atoms with Crippen LogP contribution in [-0.4, -0.2) is 0 Å². The molecule has 0 spiro atoms. The average molecular weight is 252 g/mol. The summed E-state index contributed by atoms with van der Waals surface area (Å²) >= 11 is 0. The van der Waals surface area contributed by atoms with E-state index in [0.717, 1.165) is 0 Å². The third kappa shape index (κ3) is 2.20. The van der Waals surface area contributed by atoms with Crippen LogP contribution >= 0.6 is 0 Å². The Morgan fingerprint density at radius 3 is 2.47 bits per heavy atom. The largest absolute Gasteiger partial charge is 0.0779 e. The number of fused-ring (bicyclic) bond motifs is 3. The average Bonchev–Trinajstić information content (AvgIpc) is 2.58. The Balaban J connectivity index is 0.000000637. The third-order valence-electron chi connectivity index (χ3n) is 3.96. The van der Waals surface area contributed by atoms with Gasteiger partial charge in [0.15, 0.2) is 0 Å². The minimum Gasteiger partial charge on any atom is -0.0779 e. The van der Waals surface area contributed by atoms with Crippen LogP contribution in [0.1, 0.15) is 45.7 Å². The van der Waals surface area contributed by atoms with Gasteiger partial charge in [-0.15, -0.1) is 0 Å². The molecular weight excluding hydrogens is 228 g/mol. The van der Waals surface area contributed by atoms with Gasteiger partial charge in [-0.2, -0.15) is 0 Å². The van der Waals surface area contributed by atoms with Crippen LogP contribution in [0.2, 0.25) is 0 Å². The number of rotatable bonds is 0. The van der Waals surface area contributed by atoms with Crippen LogP contribution < -0.4 is 0 Å². The molecule has 0 unspecified atom stereocenters. The Labute approximate surface area is 117 Å². The van der Waals surface area contributed by atoms with E-state index < -0.39 is 0 Å². The molecule has 0 radical (unpaired) electrons. The van der Waals surface area contributed by atoms with Crippen molar-refractivity contribution in [3.05, 3.63) is 65.3 Å². The molecule has 1 aromatic carbocycles. The Bertz CT molecular complexity index is 553. The van der Waals surface area contributed by atoms with Gasteiger partial charge in [0.1, 0.15) is 0 Å². The van der Waals surface area contributed by atoms with E-state index in [1.165, 1.54) is 22.3 Å². The molecule has 1 atom stereocenters. The molecule has 1 aromatic rings. The van der Waals surface area contributed by atoms with Gasteiger partial charge < -0.3 is 0 Å². The molecule has 0 aliphatic heterocycles. The summed E-state index contributed by atoms with van der Waals surface area (Å²) in [5.41, 5.74) is 5.90. The molecule has 0 saturated carbocycles. The second-order valence-corrected chi connectivity index (χ2v) is 5.58. The summed E-state index contributed by atoms with van der Waals surface area (Å²) in [6, 6.07) is 8.79. The highest BCUT2D eigenvalue weighted by Crippen LogP contribution is 2.50. The van der Waals surface area contributed by atoms with E-state index in [0.29, 0.717) is 5.92 Å². The van der Waals surface area contributed by atoms with Gasteiger partial charge >= 0.3 is 0 Å². The van der Waals surface area contributed by atoms with Crippen molar-refractivity contribution in [2.45, 2.75) is 40.0 Å². The standard InChI is InChI=1S/C17H18.C2H6/c1-12-7-6-9-14-13-8-4-5-10-15(13)17(2,3)16(14)11-12;1-2/h4-12H,1-3H3;1-2H3/t12-;/m0./s1. The number of benzene rings is 1. The molecular formula is C19H24.